The van der Waals surface area contributed by atoms with Gasteiger partial charge < -0.3 is 24.6 Å². The third-order valence-electron chi connectivity index (χ3n) is 8.68. The highest BCUT2D eigenvalue weighted by Gasteiger charge is 2.76. The number of aliphatic hydroxyl groups is 1. The molecule has 216 valence electrons. The minimum atomic E-state index is -1.21. The summed E-state index contributed by atoms with van der Waals surface area (Å²) in [6.45, 7) is 4.57. The smallest absolute Gasteiger partial charge is 0.327 e. The molecule has 3 heterocycles. The lowest BCUT2D eigenvalue weighted by Crippen LogP contribution is -2.69. The number of rotatable bonds is 13. The monoisotopic (exact) mass is 656 g/mol. The molecule has 0 aromatic heterocycles. The molecule has 2 N–H and O–H groups in total. The number of carbonyl (C=O) groups is 2. The molecule has 1 aliphatic carbocycles. The van der Waals surface area contributed by atoms with E-state index >= 15 is 0 Å². The van der Waals surface area contributed by atoms with E-state index in [2.05, 4.69) is 41.8 Å². The van der Waals surface area contributed by atoms with E-state index in [1.807, 2.05) is 24.3 Å². The number of benzene rings is 1. The maximum Gasteiger partial charge on any atom is 0.327 e. The van der Waals surface area contributed by atoms with Crippen molar-refractivity contribution in [3.63, 3.8) is 0 Å². The van der Waals surface area contributed by atoms with Crippen LogP contribution in [0.2, 0.25) is 0 Å². The Morgan fingerprint density at radius 2 is 1.79 bits per heavy atom. The number of amides is 1. The SMILES string of the molecule is CCCCCC1(CCCCC)O[C@@H]2[C@H](O1)[C@H]1ON(Cc3ccccc3I)[C@H]3C(=O)O[C@@H]2C[C@@]13C(=O)NCCO. The number of carbonyl (C=O) groups excluding carboxylic acids is 2. The molecule has 1 aromatic rings. The molecule has 3 aliphatic heterocycles. The van der Waals surface area contributed by atoms with Crippen LogP contribution in [0.3, 0.4) is 0 Å². The zero-order chi connectivity index (χ0) is 27.6. The fourth-order valence-corrected chi connectivity index (χ4v) is 7.38. The number of hydrogen-bond donors (Lipinski definition) is 2. The number of hydroxylamine groups is 2. The molecular weight excluding hydrogens is 615 g/mol. The van der Waals surface area contributed by atoms with Crippen LogP contribution in [0.15, 0.2) is 24.3 Å². The molecule has 1 aromatic carbocycles. The molecule has 0 unspecified atom stereocenters. The van der Waals surface area contributed by atoms with E-state index in [1.165, 1.54) is 0 Å². The minimum Gasteiger partial charge on any atom is -0.458 e. The average Bonchev–Trinajstić information content (AvgIpc) is 3.47. The Morgan fingerprint density at radius 1 is 1.10 bits per heavy atom. The number of nitrogens with one attached hydrogen (secondary N) is 1. The van der Waals surface area contributed by atoms with Crippen molar-refractivity contribution >= 4 is 34.5 Å². The first-order valence-corrected chi connectivity index (χ1v) is 15.6. The summed E-state index contributed by atoms with van der Waals surface area (Å²) in [4.78, 5) is 34.1. The Bertz CT molecular complexity index is 1030. The van der Waals surface area contributed by atoms with E-state index in [0.29, 0.717) is 6.54 Å². The van der Waals surface area contributed by atoms with Crippen molar-refractivity contribution < 1.29 is 33.7 Å². The predicted octanol–water partition coefficient (Wildman–Crippen LogP) is 3.84. The summed E-state index contributed by atoms with van der Waals surface area (Å²) in [6.07, 6.45) is 5.71. The lowest BCUT2D eigenvalue weighted by Gasteiger charge is -2.48. The maximum atomic E-state index is 13.9. The fraction of sp³-hybridized carbons (Fsp3) is 0.724. The van der Waals surface area contributed by atoms with Gasteiger partial charge in [-0.15, -0.1) is 0 Å². The zero-order valence-electron chi connectivity index (χ0n) is 22.9. The van der Waals surface area contributed by atoms with E-state index < -0.39 is 47.6 Å². The largest absolute Gasteiger partial charge is 0.458 e. The minimum absolute atomic E-state index is 0.0970. The van der Waals surface area contributed by atoms with Gasteiger partial charge in [-0.2, -0.15) is 5.06 Å². The van der Waals surface area contributed by atoms with Gasteiger partial charge >= 0.3 is 5.97 Å². The van der Waals surface area contributed by atoms with Crippen LogP contribution in [0.1, 0.15) is 77.2 Å². The van der Waals surface area contributed by atoms with E-state index in [-0.39, 0.29) is 25.5 Å². The molecule has 0 radical (unpaired) electrons. The van der Waals surface area contributed by atoms with Crippen LogP contribution in [0.25, 0.3) is 0 Å². The lowest BCUT2D eigenvalue weighted by atomic mass is 9.62. The van der Waals surface area contributed by atoms with Crippen molar-refractivity contribution in [3.8, 4) is 0 Å². The first-order valence-electron chi connectivity index (χ1n) is 14.5. The normalized spacial score (nSPS) is 32.6. The van der Waals surface area contributed by atoms with E-state index in [4.69, 9.17) is 19.0 Å². The van der Waals surface area contributed by atoms with Gasteiger partial charge in [-0.05, 0) is 47.1 Å². The summed E-state index contributed by atoms with van der Waals surface area (Å²) in [6, 6.07) is 6.98. The topological polar surface area (TPSA) is 107 Å². The molecule has 5 rings (SSSR count). The van der Waals surface area contributed by atoms with Crippen LogP contribution >= 0.6 is 22.6 Å². The Hall–Kier alpha value is -1.31. The van der Waals surface area contributed by atoms with Crippen molar-refractivity contribution in [2.24, 2.45) is 5.41 Å². The van der Waals surface area contributed by atoms with Gasteiger partial charge in [0.1, 0.15) is 29.8 Å². The Morgan fingerprint density at radius 3 is 2.46 bits per heavy atom. The summed E-state index contributed by atoms with van der Waals surface area (Å²) in [7, 11) is 0. The molecule has 1 amide bonds. The standard InChI is InChI=1S/C29H41IN2O7/c1-3-5-9-13-28(14-10-6-4-2)37-22-21-17-29(27(35)31-15-16-33)24(26(34)36-21)32(39-25(29)23(22)38-28)18-19-11-7-8-12-20(19)30/h7-8,11-12,21-25,33H,3-6,9-10,13-18H2,1-2H3,(H,31,35)/t21-,22+,23+,24+,25-,29+/m1/s1. The van der Waals surface area contributed by atoms with E-state index in [9.17, 15) is 14.7 Å². The Labute approximate surface area is 244 Å². The first-order chi connectivity index (χ1) is 18.9. The second-order valence-corrected chi connectivity index (χ2v) is 12.4. The maximum absolute atomic E-state index is 13.9. The van der Waals surface area contributed by atoms with Crippen molar-refractivity contribution in [1.29, 1.82) is 0 Å². The molecule has 6 atom stereocenters. The van der Waals surface area contributed by atoms with Gasteiger partial charge in [-0.25, -0.2) is 0 Å². The number of ether oxygens (including phenoxy) is 3. The number of esters is 1. The highest BCUT2D eigenvalue weighted by Crippen LogP contribution is 2.58. The van der Waals surface area contributed by atoms with Crippen LogP contribution < -0.4 is 5.32 Å². The third kappa shape index (κ3) is 5.37. The van der Waals surface area contributed by atoms with Crippen LogP contribution in [-0.4, -0.2) is 71.4 Å². The van der Waals surface area contributed by atoms with Crippen molar-refractivity contribution in [2.75, 3.05) is 13.2 Å². The molecule has 2 bridgehead atoms. The molecule has 39 heavy (non-hydrogen) atoms. The molecule has 10 heteroatoms. The number of halogens is 1. The molecular formula is C29H41IN2O7. The Kier molecular flexibility index (Phi) is 9.19. The summed E-state index contributed by atoms with van der Waals surface area (Å²) in [5.41, 5.74) is -0.214. The van der Waals surface area contributed by atoms with Gasteiger partial charge in [0.15, 0.2) is 11.8 Å². The molecule has 1 saturated carbocycles. The second kappa shape index (κ2) is 12.3. The molecule has 4 aliphatic rings. The van der Waals surface area contributed by atoms with Crippen LogP contribution in [-0.2, 0) is 35.2 Å². The molecule has 0 spiro atoms. The van der Waals surface area contributed by atoms with Gasteiger partial charge in [-0.1, -0.05) is 57.7 Å². The highest BCUT2D eigenvalue weighted by molar-refractivity contribution is 14.1. The summed E-state index contributed by atoms with van der Waals surface area (Å²) >= 11 is 2.27. The average molecular weight is 657 g/mol. The van der Waals surface area contributed by atoms with Gasteiger partial charge in [0.2, 0.25) is 5.91 Å². The van der Waals surface area contributed by atoms with Gasteiger partial charge in [0, 0.05) is 29.4 Å². The highest BCUT2D eigenvalue weighted by atomic mass is 127. The number of aliphatic hydroxyl groups excluding tert-OH is 1. The van der Waals surface area contributed by atoms with Gasteiger partial charge in [-0.3, -0.25) is 14.4 Å². The third-order valence-corrected chi connectivity index (χ3v) is 9.73. The van der Waals surface area contributed by atoms with E-state index in [0.717, 1.165) is 60.5 Å². The quantitative estimate of drug-likeness (QED) is 0.188. The number of fused-ring (bicyclic) bond motifs is 4. The number of unbranched alkanes of at least 4 members (excludes halogenated alkanes) is 4. The summed E-state index contributed by atoms with van der Waals surface area (Å²) in [5.74, 6) is -1.57. The molecule has 4 fully saturated rings. The predicted molar refractivity (Wildman–Crippen MR) is 151 cm³/mol. The fourth-order valence-electron chi connectivity index (χ4n) is 6.83. The van der Waals surface area contributed by atoms with E-state index in [1.54, 1.807) is 5.06 Å². The summed E-state index contributed by atoms with van der Waals surface area (Å²) < 4.78 is 20.7. The molecule has 3 saturated heterocycles. The van der Waals surface area contributed by atoms with Crippen LogP contribution in [0.5, 0.6) is 0 Å². The van der Waals surface area contributed by atoms with Crippen LogP contribution in [0.4, 0.5) is 0 Å². The first kappa shape index (κ1) is 29.2. The van der Waals surface area contributed by atoms with Gasteiger partial charge in [0.25, 0.3) is 0 Å². The van der Waals surface area contributed by atoms with Crippen molar-refractivity contribution in [1.82, 2.24) is 10.4 Å². The lowest BCUT2D eigenvalue weighted by molar-refractivity contribution is -0.224. The number of hydrogen-bond acceptors (Lipinski definition) is 8. The second-order valence-electron chi connectivity index (χ2n) is 11.3. The van der Waals surface area contributed by atoms with Crippen molar-refractivity contribution in [3.05, 3.63) is 33.4 Å². The number of nitrogens with zero attached hydrogens (tertiary/aromatic N) is 1. The summed E-state index contributed by atoms with van der Waals surface area (Å²) in [5, 5.41) is 13.9. The molecule has 9 nitrogen and oxygen atoms in total. The van der Waals surface area contributed by atoms with Crippen molar-refractivity contribution in [2.45, 2.75) is 114 Å². The Balaban J connectivity index is 1.50. The zero-order valence-corrected chi connectivity index (χ0v) is 25.1. The van der Waals surface area contributed by atoms with Crippen LogP contribution in [0, 0.1) is 8.99 Å². The van der Waals surface area contributed by atoms with Gasteiger partial charge in [0.05, 0.1) is 13.2 Å².